The summed E-state index contributed by atoms with van der Waals surface area (Å²) in [5, 5.41) is 5.44. The van der Waals surface area contributed by atoms with E-state index in [2.05, 4.69) is 28.9 Å². The number of rotatable bonds is 7. The number of benzene rings is 1. The largest absolute Gasteiger partial charge is 0.491 e. The Morgan fingerprint density at radius 2 is 2.00 bits per heavy atom. The first-order valence-electron chi connectivity index (χ1n) is 6.28. The van der Waals surface area contributed by atoms with Crippen molar-refractivity contribution in [3.8, 4) is 5.75 Å². The van der Waals surface area contributed by atoms with Gasteiger partial charge in [0.05, 0.1) is 12.6 Å². The Kier molecular flexibility index (Phi) is 5.39. The molecule has 1 aromatic carbocycles. The molecule has 0 saturated carbocycles. The minimum atomic E-state index is 0.166. The molecular formula is C15H19NO2S. The number of hydrogen-bond acceptors (Lipinski definition) is 4. The van der Waals surface area contributed by atoms with Crippen LogP contribution in [0.4, 0.5) is 0 Å². The molecule has 0 aliphatic carbocycles. The molecule has 0 fully saturated rings. The third-order valence-electron chi connectivity index (χ3n) is 2.89. The van der Waals surface area contributed by atoms with Gasteiger partial charge >= 0.3 is 0 Å². The van der Waals surface area contributed by atoms with Crippen molar-refractivity contribution >= 4 is 11.3 Å². The number of methoxy groups -OCH3 is 1. The molecule has 0 saturated heterocycles. The van der Waals surface area contributed by atoms with Crippen LogP contribution in [0.1, 0.15) is 16.5 Å². The van der Waals surface area contributed by atoms with E-state index in [1.54, 1.807) is 18.4 Å². The lowest BCUT2D eigenvalue weighted by atomic mass is 10.0. The Balaban J connectivity index is 2.22. The van der Waals surface area contributed by atoms with Gasteiger partial charge in [-0.15, -0.1) is 11.3 Å². The van der Waals surface area contributed by atoms with Gasteiger partial charge in [0.25, 0.3) is 0 Å². The average molecular weight is 277 g/mol. The van der Waals surface area contributed by atoms with Crippen molar-refractivity contribution in [3.05, 3.63) is 52.2 Å². The first-order chi connectivity index (χ1) is 9.36. The summed E-state index contributed by atoms with van der Waals surface area (Å²) in [6.07, 6.45) is 0. The first kappa shape index (κ1) is 14.1. The van der Waals surface area contributed by atoms with Crippen molar-refractivity contribution < 1.29 is 9.47 Å². The highest BCUT2D eigenvalue weighted by Gasteiger charge is 2.17. The van der Waals surface area contributed by atoms with Gasteiger partial charge in [0.15, 0.2) is 0 Å². The van der Waals surface area contributed by atoms with E-state index in [9.17, 15) is 0 Å². The number of hydrogen-bond donors (Lipinski definition) is 1. The van der Waals surface area contributed by atoms with E-state index in [0.717, 1.165) is 11.3 Å². The molecule has 0 aliphatic heterocycles. The van der Waals surface area contributed by atoms with Crippen LogP contribution in [-0.2, 0) is 4.74 Å². The smallest absolute Gasteiger partial charge is 0.124 e. The fourth-order valence-electron chi connectivity index (χ4n) is 1.99. The predicted molar refractivity (Wildman–Crippen MR) is 79.0 cm³/mol. The normalized spacial score (nSPS) is 12.3. The highest BCUT2D eigenvalue weighted by molar-refractivity contribution is 7.10. The third kappa shape index (κ3) is 3.56. The summed E-state index contributed by atoms with van der Waals surface area (Å²) < 4.78 is 10.8. The topological polar surface area (TPSA) is 30.5 Å². The SMILES string of the molecule is CNC(c1cccs1)c1ccccc1OCCOC. The zero-order valence-corrected chi connectivity index (χ0v) is 12.1. The van der Waals surface area contributed by atoms with Gasteiger partial charge in [0.2, 0.25) is 0 Å². The Bertz CT molecular complexity index is 485. The van der Waals surface area contributed by atoms with E-state index >= 15 is 0 Å². The lowest BCUT2D eigenvalue weighted by molar-refractivity contribution is 0.145. The Morgan fingerprint density at radius 1 is 1.16 bits per heavy atom. The van der Waals surface area contributed by atoms with Crippen LogP contribution in [0, 0.1) is 0 Å². The summed E-state index contributed by atoms with van der Waals surface area (Å²) in [7, 11) is 3.65. The lowest BCUT2D eigenvalue weighted by Crippen LogP contribution is -2.18. The van der Waals surface area contributed by atoms with Gasteiger partial charge in [-0.2, -0.15) is 0 Å². The van der Waals surface area contributed by atoms with Crippen LogP contribution in [0.5, 0.6) is 5.75 Å². The van der Waals surface area contributed by atoms with Crippen molar-refractivity contribution in [1.29, 1.82) is 0 Å². The van der Waals surface area contributed by atoms with Crippen LogP contribution in [-0.4, -0.2) is 27.4 Å². The lowest BCUT2D eigenvalue weighted by Gasteiger charge is -2.19. The third-order valence-corrected chi connectivity index (χ3v) is 3.83. The van der Waals surface area contributed by atoms with Crippen molar-refractivity contribution in [2.75, 3.05) is 27.4 Å². The maximum atomic E-state index is 5.80. The molecule has 0 spiro atoms. The fourth-order valence-corrected chi connectivity index (χ4v) is 2.84. The van der Waals surface area contributed by atoms with E-state index in [0.29, 0.717) is 13.2 Å². The second kappa shape index (κ2) is 7.28. The van der Waals surface area contributed by atoms with Gasteiger partial charge in [0, 0.05) is 17.6 Å². The molecule has 2 rings (SSSR count). The summed E-state index contributed by atoms with van der Waals surface area (Å²) in [4.78, 5) is 1.28. The van der Waals surface area contributed by atoms with E-state index in [1.807, 2.05) is 25.2 Å². The zero-order chi connectivity index (χ0) is 13.5. The second-order valence-electron chi connectivity index (χ2n) is 4.12. The molecular weight excluding hydrogens is 258 g/mol. The minimum absolute atomic E-state index is 0.166. The number of nitrogens with one attached hydrogen (secondary N) is 1. The molecule has 1 aromatic heterocycles. The monoisotopic (exact) mass is 277 g/mol. The van der Waals surface area contributed by atoms with Crippen LogP contribution in [0.25, 0.3) is 0 Å². The van der Waals surface area contributed by atoms with Gasteiger partial charge < -0.3 is 14.8 Å². The molecule has 3 nitrogen and oxygen atoms in total. The molecule has 0 radical (unpaired) electrons. The molecule has 0 bridgehead atoms. The molecule has 2 aromatic rings. The first-order valence-corrected chi connectivity index (χ1v) is 7.16. The van der Waals surface area contributed by atoms with E-state index in [1.165, 1.54) is 4.88 Å². The zero-order valence-electron chi connectivity index (χ0n) is 11.3. The van der Waals surface area contributed by atoms with Gasteiger partial charge in [0.1, 0.15) is 12.4 Å². The van der Waals surface area contributed by atoms with Crippen molar-refractivity contribution in [1.82, 2.24) is 5.32 Å². The molecule has 1 unspecified atom stereocenters. The van der Waals surface area contributed by atoms with Gasteiger partial charge in [-0.05, 0) is 24.6 Å². The predicted octanol–water partition coefficient (Wildman–Crippen LogP) is 3.08. The summed E-state index contributed by atoms with van der Waals surface area (Å²) in [5.41, 5.74) is 1.16. The number of thiophene rings is 1. The Hall–Kier alpha value is -1.36. The van der Waals surface area contributed by atoms with Crippen LogP contribution in [0.3, 0.4) is 0 Å². The number of para-hydroxylation sites is 1. The molecule has 1 heterocycles. The Labute approximate surface area is 118 Å². The molecule has 1 N–H and O–H groups in total. The quantitative estimate of drug-likeness (QED) is 0.789. The van der Waals surface area contributed by atoms with E-state index < -0.39 is 0 Å². The van der Waals surface area contributed by atoms with Crippen LogP contribution < -0.4 is 10.1 Å². The molecule has 0 amide bonds. The van der Waals surface area contributed by atoms with Gasteiger partial charge in [-0.3, -0.25) is 0 Å². The van der Waals surface area contributed by atoms with Crippen molar-refractivity contribution in [2.24, 2.45) is 0 Å². The maximum absolute atomic E-state index is 5.80. The second-order valence-corrected chi connectivity index (χ2v) is 5.10. The van der Waals surface area contributed by atoms with Crippen LogP contribution in [0.15, 0.2) is 41.8 Å². The number of ether oxygens (including phenoxy) is 2. The highest BCUT2D eigenvalue weighted by atomic mass is 32.1. The van der Waals surface area contributed by atoms with Crippen LogP contribution in [0.2, 0.25) is 0 Å². The molecule has 19 heavy (non-hydrogen) atoms. The summed E-state index contributed by atoms with van der Waals surface area (Å²) in [6.45, 7) is 1.16. The summed E-state index contributed by atoms with van der Waals surface area (Å²) in [5.74, 6) is 0.910. The highest BCUT2D eigenvalue weighted by Crippen LogP contribution is 2.31. The van der Waals surface area contributed by atoms with Gasteiger partial charge in [-0.25, -0.2) is 0 Å². The van der Waals surface area contributed by atoms with Crippen LogP contribution >= 0.6 is 11.3 Å². The Morgan fingerprint density at radius 3 is 2.68 bits per heavy atom. The molecule has 1 atom stereocenters. The van der Waals surface area contributed by atoms with E-state index in [-0.39, 0.29) is 6.04 Å². The average Bonchev–Trinajstić information content (AvgIpc) is 2.96. The molecule has 4 heteroatoms. The van der Waals surface area contributed by atoms with Gasteiger partial charge in [-0.1, -0.05) is 24.3 Å². The standard InChI is InChI=1S/C15H19NO2S/c1-16-15(14-8-5-11-19-14)12-6-3-4-7-13(12)18-10-9-17-2/h3-8,11,15-16H,9-10H2,1-2H3. The molecule has 102 valence electrons. The minimum Gasteiger partial charge on any atom is -0.491 e. The summed E-state index contributed by atoms with van der Waals surface area (Å²) >= 11 is 1.74. The maximum Gasteiger partial charge on any atom is 0.124 e. The van der Waals surface area contributed by atoms with Crippen molar-refractivity contribution in [3.63, 3.8) is 0 Å². The fraction of sp³-hybridized carbons (Fsp3) is 0.333. The molecule has 0 aliphatic rings. The summed E-state index contributed by atoms with van der Waals surface area (Å²) in [6, 6.07) is 12.5. The van der Waals surface area contributed by atoms with E-state index in [4.69, 9.17) is 9.47 Å². The van der Waals surface area contributed by atoms with Crippen molar-refractivity contribution in [2.45, 2.75) is 6.04 Å².